The van der Waals surface area contributed by atoms with Crippen LogP contribution in [0.5, 0.6) is 0 Å². The number of carboxylic acids is 1. The van der Waals surface area contributed by atoms with E-state index < -0.39 is 17.7 Å². The first-order chi connectivity index (χ1) is 9.49. The fourth-order valence-corrected chi connectivity index (χ4v) is 2.93. The zero-order valence-electron chi connectivity index (χ0n) is 10.2. The number of halogens is 1. The summed E-state index contributed by atoms with van der Waals surface area (Å²) < 4.78 is 13.8. The summed E-state index contributed by atoms with van der Waals surface area (Å²) in [5.41, 5.74) is 0.285. The maximum atomic E-state index is 13.5. The molecule has 2 rings (SSSR count). The number of thiocarbonyl (C=S) groups is 1. The first-order valence-electron chi connectivity index (χ1n) is 5.69. The number of carbonyl (C=O) groups is 2. The van der Waals surface area contributed by atoms with Crippen molar-refractivity contribution < 1.29 is 19.1 Å². The summed E-state index contributed by atoms with van der Waals surface area (Å²) in [5, 5.41) is 10.4. The SMILES string of the molecule is O=C([O-])CCN1C(=O)/C(=C/c2ccccc2F)SC1=S. The van der Waals surface area contributed by atoms with Crippen LogP contribution in [-0.4, -0.2) is 27.6 Å². The van der Waals surface area contributed by atoms with E-state index in [4.69, 9.17) is 12.2 Å². The third-order valence-electron chi connectivity index (χ3n) is 2.60. The van der Waals surface area contributed by atoms with Crippen LogP contribution in [0.1, 0.15) is 12.0 Å². The normalized spacial score (nSPS) is 17.1. The molecule has 0 atom stereocenters. The topological polar surface area (TPSA) is 60.4 Å². The lowest BCUT2D eigenvalue weighted by molar-refractivity contribution is -0.305. The molecule has 0 unspecified atom stereocenters. The summed E-state index contributed by atoms with van der Waals surface area (Å²) in [7, 11) is 0. The molecule has 104 valence electrons. The van der Waals surface area contributed by atoms with Crippen molar-refractivity contribution >= 4 is 46.3 Å². The fourth-order valence-electron chi connectivity index (χ4n) is 1.63. The van der Waals surface area contributed by atoms with Crippen LogP contribution in [0.15, 0.2) is 29.2 Å². The smallest absolute Gasteiger partial charge is 0.266 e. The summed E-state index contributed by atoms with van der Waals surface area (Å²) in [4.78, 5) is 23.9. The van der Waals surface area contributed by atoms with Gasteiger partial charge in [-0.3, -0.25) is 9.69 Å². The summed E-state index contributed by atoms with van der Waals surface area (Å²) >= 11 is 6.04. The highest BCUT2D eigenvalue weighted by molar-refractivity contribution is 8.26. The van der Waals surface area contributed by atoms with Crippen LogP contribution >= 0.6 is 24.0 Å². The average molecular weight is 310 g/mol. The summed E-state index contributed by atoms with van der Waals surface area (Å²) in [6.45, 7) is -0.0401. The van der Waals surface area contributed by atoms with Crippen LogP contribution < -0.4 is 5.11 Å². The summed E-state index contributed by atoms with van der Waals surface area (Å²) in [5.74, 6) is -2.10. The molecule has 0 aliphatic carbocycles. The maximum Gasteiger partial charge on any atom is 0.266 e. The Labute approximate surface area is 124 Å². The molecule has 0 spiro atoms. The van der Waals surface area contributed by atoms with Crippen LogP contribution in [-0.2, 0) is 9.59 Å². The molecular formula is C13H9FNO3S2-. The highest BCUT2D eigenvalue weighted by Crippen LogP contribution is 2.32. The number of hydrogen-bond donors (Lipinski definition) is 0. The number of thioether (sulfide) groups is 1. The van der Waals surface area contributed by atoms with Gasteiger partial charge in [0.1, 0.15) is 10.1 Å². The number of hydrogen-bond acceptors (Lipinski definition) is 5. The minimum atomic E-state index is -1.25. The lowest BCUT2D eigenvalue weighted by Crippen LogP contribution is -2.33. The first-order valence-corrected chi connectivity index (χ1v) is 6.91. The molecule has 0 aromatic heterocycles. The minimum Gasteiger partial charge on any atom is -0.550 e. The monoisotopic (exact) mass is 310 g/mol. The van der Waals surface area contributed by atoms with E-state index in [1.807, 2.05) is 0 Å². The molecular weight excluding hydrogens is 301 g/mol. The van der Waals surface area contributed by atoms with Crippen LogP contribution in [0, 0.1) is 5.82 Å². The van der Waals surface area contributed by atoms with Crippen molar-refractivity contribution in [1.29, 1.82) is 0 Å². The largest absolute Gasteiger partial charge is 0.550 e. The molecule has 0 bridgehead atoms. The maximum absolute atomic E-state index is 13.5. The number of rotatable bonds is 4. The number of carbonyl (C=O) groups excluding carboxylic acids is 2. The molecule has 0 radical (unpaired) electrons. The molecule has 1 fully saturated rings. The summed E-state index contributed by atoms with van der Waals surface area (Å²) in [6, 6.07) is 6.05. The van der Waals surface area contributed by atoms with E-state index in [0.717, 1.165) is 11.8 Å². The van der Waals surface area contributed by atoms with Crippen molar-refractivity contribution in [3.8, 4) is 0 Å². The lowest BCUT2D eigenvalue weighted by atomic mass is 10.2. The first kappa shape index (κ1) is 14.7. The van der Waals surface area contributed by atoms with Crippen LogP contribution in [0.3, 0.4) is 0 Å². The standard InChI is InChI=1S/C13H10FNO3S2/c14-9-4-2-1-3-8(9)7-10-12(18)15(13(19)20-10)6-5-11(16)17/h1-4,7H,5-6H2,(H,16,17)/p-1/b10-7-. The van der Waals surface area contributed by atoms with Gasteiger partial charge in [0.15, 0.2) is 0 Å². The Morgan fingerprint density at radius 3 is 2.80 bits per heavy atom. The number of nitrogens with zero attached hydrogens (tertiary/aromatic N) is 1. The fraction of sp³-hybridized carbons (Fsp3) is 0.154. The van der Waals surface area contributed by atoms with Gasteiger partial charge in [-0.25, -0.2) is 4.39 Å². The van der Waals surface area contributed by atoms with E-state index in [-0.39, 0.29) is 27.8 Å². The van der Waals surface area contributed by atoms with Gasteiger partial charge in [-0.05, 0) is 12.1 Å². The van der Waals surface area contributed by atoms with Gasteiger partial charge in [-0.15, -0.1) is 0 Å². The molecule has 7 heteroatoms. The third kappa shape index (κ3) is 3.23. The van der Waals surface area contributed by atoms with Crippen LogP contribution in [0.4, 0.5) is 4.39 Å². The van der Waals surface area contributed by atoms with Gasteiger partial charge in [-0.2, -0.15) is 0 Å². The van der Waals surface area contributed by atoms with E-state index in [0.29, 0.717) is 0 Å². The summed E-state index contributed by atoms with van der Waals surface area (Å²) in [6.07, 6.45) is 1.12. The molecule has 1 aliphatic heterocycles. The van der Waals surface area contributed by atoms with Crippen molar-refractivity contribution in [3.05, 3.63) is 40.6 Å². The van der Waals surface area contributed by atoms with Crippen molar-refractivity contribution in [2.45, 2.75) is 6.42 Å². The van der Waals surface area contributed by atoms with Gasteiger partial charge in [0.2, 0.25) is 0 Å². The zero-order valence-corrected chi connectivity index (χ0v) is 11.8. The second-order valence-electron chi connectivity index (χ2n) is 3.98. The van der Waals surface area contributed by atoms with Gasteiger partial charge in [0, 0.05) is 24.5 Å². The highest BCUT2D eigenvalue weighted by Gasteiger charge is 2.31. The molecule has 0 N–H and O–H groups in total. The molecule has 1 aromatic carbocycles. The van der Waals surface area contributed by atoms with Gasteiger partial charge in [0.25, 0.3) is 5.91 Å². The van der Waals surface area contributed by atoms with Gasteiger partial charge in [-0.1, -0.05) is 42.2 Å². The zero-order chi connectivity index (χ0) is 14.7. The van der Waals surface area contributed by atoms with Crippen LogP contribution in [0.2, 0.25) is 0 Å². The molecule has 20 heavy (non-hydrogen) atoms. The Bertz CT molecular complexity index is 615. The Morgan fingerprint density at radius 1 is 1.45 bits per heavy atom. The lowest BCUT2D eigenvalue weighted by Gasteiger charge is -2.14. The van der Waals surface area contributed by atoms with Gasteiger partial charge in [0.05, 0.1) is 4.91 Å². The van der Waals surface area contributed by atoms with Crippen LogP contribution in [0.25, 0.3) is 6.08 Å². The predicted molar refractivity (Wildman–Crippen MR) is 75.9 cm³/mol. The second kappa shape index (κ2) is 6.15. The van der Waals surface area contributed by atoms with Crippen molar-refractivity contribution in [2.24, 2.45) is 0 Å². The van der Waals surface area contributed by atoms with E-state index in [1.54, 1.807) is 18.2 Å². The number of carboxylic acid groups (broad SMARTS) is 1. The minimum absolute atomic E-state index is 0.0401. The molecule has 1 aromatic rings. The Hall–Kier alpha value is -1.73. The molecule has 1 aliphatic rings. The van der Waals surface area contributed by atoms with E-state index in [9.17, 15) is 19.1 Å². The van der Waals surface area contributed by atoms with Crippen molar-refractivity contribution in [3.63, 3.8) is 0 Å². The number of benzene rings is 1. The Kier molecular flexibility index (Phi) is 4.51. The van der Waals surface area contributed by atoms with Gasteiger partial charge < -0.3 is 9.90 Å². The second-order valence-corrected chi connectivity index (χ2v) is 5.65. The average Bonchev–Trinajstić information content (AvgIpc) is 2.65. The number of amides is 1. The van der Waals surface area contributed by atoms with Gasteiger partial charge >= 0.3 is 0 Å². The molecule has 0 saturated carbocycles. The molecule has 4 nitrogen and oxygen atoms in total. The highest BCUT2D eigenvalue weighted by atomic mass is 32.2. The number of aliphatic carboxylic acids is 1. The molecule has 1 amide bonds. The Balaban J connectivity index is 2.19. The van der Waals surface area contributed by atoms with E-state index in [2.05, 4.69) is 0 Å². The molecule has 1 heterocycles. The third-order valence-corrected chi connectivity index (χ3v) is 3.98. The van der Waals surface area contributed by atoms with Crippen molar-refractivity contribution in [2.75, 3.05) is 6.54 Å². The van der Waals surface area contributed by atoms with E-state index in [1.165, 1.54) is 17.0 Å². The van der Waals surface area contributed by atoms with E-state index >= 15 is 0 Å². The van der Waals surface area contributed by atoms with Crippen molar-refractivity contribution in [1.82, 2.24) is 4.90 Å². The molecule has 1 saturated heterocycles. The predicted octanol–water partition coefficient (Wildman–Crippen LogP) is 1.17. The quantitative estimate of drug-likeness (QED) is 0.617. The Morgan fingerprint density at radius 2 is 2.15 bits per heavy atom.